The highest BCUT2D eigenvalue weighted by Crippen LogP contribution is 2.25. The van der Waals surface area contributed by atoms with E-state index in [1.54, 1.807) is 4.90 Å². The van der Waals surface area contributed by atoms with E-state index in [-0.39, 0.29) is 11.8 Å². The van der Waals surface area contributed by atoms with Gasteiger partial charge in [0, 0.05) is 24.9 Å². The Hall–Kier alpha value is -1.47. The first kappa shape index (κ1) is 16.4. The molecule has 2 fully saturated rings. The average molecular weight is 336 g/mol. The van der Waals surface area contributed by atoms with E-state index >= 15 is 0 Å². The van der Waals surface area contributed by atoms with Crippen molar-refractivity contribution in [3.63, 3.8) is 0 Å². The molecule has 6 nitrogen and oxygen atoms in total. The number of piperidine rings is 1. The Morgan fingerprint density at radius 3 is 3.13 bits per heavy atom. The Morgan fingerprint density at radius 2 is 2.39 bits per heavy atom. The summed E-state index contributed by atoms with van der Waals surface area (Å²) in [6, 6.07) is 0. The lowest BCUT2D eigenvalue weighted by Crippen LogP contribution is -2.33. The second-order valence-electron chi connectivity index (χ2n) is 6.30. The molecule has 1 atom stereocenters. The normalized spacial score (nSPS) is 21.7. The Labute approximate surface area is 140 Å². The first-order valence-corrected chi connectivity index (χ1v) is 9.32. The fourth-order valence-corrected chi connectivity index (χ4v) is 4.03. The minimum Gasteiger partial charge on any atom is -0.356 e. The molecule has 0 aromatic carbocycles. The zero-order valence-electron chi connectivity index (χ0n) is 13.3. The molecule has 0 saturated carbocycles. The summed E-state index contributed by atoms with van der Waals surface area (Å²) in [6.45, 7) is 3.66. The lowest BCUT2D eigenvalue weighted by molar-refractivity contribution is -0.120. The highest BCUT2D eigenvalue weighted by molar-refractivity contribution is 7.14. The number of carbonyl (C=O) groups excluding carboxylic acids is 2. The maximum Gasteiger partial charge on any atom is 0.228 e. The SMILES string of the molecule is O=C(Cc1csc(N2CCCC2=O)n1)NCCC1CCCNC1. The molecule has 2 aliphatic rings. The molecule has 0 bridgehead atoms. The minimum atomic E-state index is 0.0124. The van der Waals surface area contributed by atoms with Gasteiger partial charge in [0.2, 0.25) is 11.8 Å². The van der Waals surface area contributed by atoms with Crippen LogP contribution in [0.25, 0.3) is 0 Å². The number of hydrogen-bond donors (Lipinski definition) is 2. The average Bonchev–Trinajstić information content (AvgIpc) is 3.17. The number of rotatable bonds is 6. The van der Waals surface area contributed by atoms with Gasteiger partial charge in [-0.1, -0.05) is 0 Å². The molecule has 3 heterocycles. The first-order chi connectivity index (χ1) is 11.2. The van der Waals surface area contributed by atoms with Crippen LogP contribution in [-0.4, -0.2) is 43.0 Å². The van der Waals surface area contributed by atoms with Crippen molar-refractivity contribution in [2.75, 3.05) is 31.1 Å². The van der Waals surface area contributed by atoms with E-state index in [0.717, 1.165) is 49.8 Å². The number of nitrogens with one attached hydrogen (secondary N) is 2. The Kier molecular flexibility index (Phi) is 5.61. The van der Waals surface area contributed by atoms with E-state index in [1.807, 2.05) is 5.38 Å². The minimum absolute atomic E-state index is 0.0124. The van der Waals surface area contributed by atoms with Crippen molar-refractivity contribution in [2.45, 2.75) is 38.5 Å². The van der Waals surface area contributed by atoms with Gasteiger partial charge in [0.25, 0.3) is 0 Å². The second-order valence-corrected chi connectivity index (χ2v) is 7.13. The molecule has 3 rings (SSSR count). The molecule has 23 heavy (non-hydrogen) atoms. The van der Waals surface area contributed by atoms with Crippen LogP contribution in [0.5, 0.6) is 0 Å². The Balaban J connectivity index is 1.41. The van der Waals surface area contributed by atoms with Crippen molar-refractivity contribution in [1.29, 1.82) is 0 Å². The van der Waals surface area contributed by atoms with Gasteiger partial charge >= 0.3 is 0 Å². The van der Waals surface area contributed by atoms with E-state index in [0.29, 0.717) is 18.8 Å². The van der Waals surface area contributed by atoms with Gasteiger partial charge < -0.3 is 10.6 Å². The summed E-state index contributed by atoms with van der Waals surface area (Å²) in [5.74, 6) is 0.825. The zero-order chi connectivity index (χ0) is 16.1. The molecule has 1 aromatic rings. The number of amides is 2. The van der Waals surface area contributed by atoms with Gasteiger partial charge in [-0.05, 0) is 44.7 Å². The summed E-state index contributed by atoms with van der Waals surface area (Å²) < 4.78 is 0. The van der Waals surface area contributed by atoms with Gasteiger partial charge in [-0.3, -0.25) is 14.5 Å². The number of thiazole rings is 1. The van der Waals surface area contributed by atoms with E-state index in [1.165, 1.54) is 24.2 Å². The summed E-state index contributed by atoms with van der Waals surface area (Å²) in [5, 5.41) is 8.98. The summed E-state index contributed by atoms with van der Waals surface area (Å²) in [5.41, 5.74) is 0.751. The number of aromatic nitrogens is 1. The third-order valence-corrected chi connectivity index (χ3v) is 5.37. The molecule has 2 aliphatic heterocycles. The summed E-state index contributed by atoms with van der Waals surface area (Å²) in [7, 11) is 0. The third kappa shape index (κ3) is 4.51. The maximum absolute atomic E-state index is 12.0. The molecule has 1 unspecified atom stereocenters. The first-order valence-electron chi connectivity index (χ1n) is 8.44. The van der Waals surface area contributed by atoms with Crippen LogP contribution in [0, 0.1) is 5.92 Å². The number of nitrogens with zero attached hydrogens (tertiary/aromatic N) is 2. The smallest absolute Gasteiger partial charge is 0.228 e. The van der Waals surface area contributed by atoms with Gasteiger partial charge in [-0.25, -0.2) is 4.98 Å². The van der Waals surface area contributed by atoms with Crippen molar-refractivity contribution in [3.05, 3.63) is 11.1 Å². The van der Waals surface area contributed by atoms with Gasteiger partial charge in [0.05, 0.1) is 12.1 Å². The van der Waals surface area contributed by atoms with Crippen LogP contribution in [-0.2, 0) is 16.0 Å². The summed E-state index contributed by atoms with van der Waals surface area (Å²) in [4.78, 5) is 29.9. The Morgan fingerprint density at radius 1 is 1.48 bits per heavy atom. The van der Waals surface area contributed by atoms with E-state index in [2.05, 4.69) is 15.6 Å². The fraction of sp³-hybridized carbons (Fsp3) is 0.688. The topological polar surface area (TPSA) is 74.3 Å². The molecule has 0 spiro atoms. The second kappa shape index (κ2) is 7.88. The quantitative estimate of drug-likeness (QED) is 0.822. The van der Waals surface area contributed by atoms with Crippen LogP contribution in [0.15, 0.2) is 5.38 Å². The van der Waals surface area contributed by atoms with Gasteiger partial charge in [0.1, 0.15) is 0 Å². The van der Waals surface area contributed by atoms with Crippen LogP contribution >= 0.6 is 11.3 Å². The molecule has 1 aromatic heterocycles. The third-order valence-electron chi connectivity index (χ3n) is 4.46. The highest BCUT2D eigenvalue weighted by Gasteiger charge is 2.24. The van der Waals surface area contributed by atoms with Crippen molar-refractivity contribution in [2.24, 2.45) is 5.92 Å². The summed E-state index contributed by atoms with van der Waals surface area (Å²) >= 11 is 1.44. The van der Waals surface area contributed by atoms with E-state index < -0.39 is 0 Å². The maximum atomic E-state index is 12.0. The monoisotopic (exact) mass is 336 g/mol. The van der Waals surface area contributed by atoms with Crippen LogP contribution < -0.4 is 15.5 Å². The predicted octanol–water partition coefficient (Wildman–Crippen LogP) is 1.32. The summed E-state index contributed by atoms with van der Waals surface area (Å²) in [6.07, 6.45) is 5.30. The van der Waals surface area contributed by atoms with Crippen molar-refractivity contribution >= 4 is 28.3 Å². The molecule has 7 heteroatoms. The molecule has 2 N–H and O–H groups in total. The van der Waals surface area contributed by atoms with Crippen molar-refractivity contribution in [3.8, 4) is 0 Å². The number of carbonyl (C=O) groups is 2. The molecule has 0 aliphatic carbocycles. The van der Waals surface area contributed by atoms with Gasteiger partial charge in [-0.15, -0.1) is 11.3 Å². The van der Waals surface area contributed by atoms with Crippen molar-refractivity contribution in [1.82, 2.24) is 15.6 Å². The van der Waals surface area contributed by atoms with E-state index in [9.17, 15) is 9.59 Å². The predicted molar refractivity (Wildman–Crippen MR) is 90.6 cm³/mol. The Bertz CT molecular complexity index is 554. The van der Waals surface area contributed by atoms with Crippen LogP contribution in [0.4, 0.5) is 5.13 Å². The lowest BCUT2D eigenvalue weighted by atomic mass is 9.96. The number of anilines is 1. The van der Waals surface area contributed by atoms with Gasteiger partial charge in [0.15, 0.2) is 5.13 Å². The lowest BCUT2D eigenvalue weighted by Gasteiger charge is -2.22. The van der Waals surface area contributed by atoms with Crippen LogP contribution in [0.2, 0.25) is 0 Å². The van der Waals surface area contributed by atoms with Crippen molar-refractivity contribution < 1.29 is 9.59 Å². The van der Waals surface area contributed by atoms with Crippen LogP contribution in [0.1, 0.15) is 37.8 Å². The standard InChI is InChI=1S/C16H24N4O2S/c21-14(18-7-5-12-3-1-6-17-10-12)9-13-11-23-16(19-13)20-8-2-4-15(20)22/h11-12,17H,1-10H2,(H,18,21). The zero-order valence-corrected chi connectivity index (χ0v) is 14.2. The molecular formula is C16H24N4O2S. The van der Waals surface area contributed by atoms with Gasteiger partial charge in [-0.2, -0.15) is 0 Å². The van der Waals surface area contributed by atoms with Crippen LogP contribution in [0.3, 0.4) is 0 Å². The molecule has 126 valence electrons. The fourth-order valence-electron chi connectivity index (χ4n) is 3.16. The van der Waals surface area contributed by atoms with E-state index in [4.69, 9.17) is 0 Å². The number of hydrogen-bond acceptors (Lipinski definition) is 5. The molecule has 0 radical (unpaired) electrons. The molecular weight excluding hydrogens is 312 g/mol. The molecule has 2 amide bonds. The molecule has 2 saturated heterocycles. The highest BCUT2D eigenvalue weighted by atomic mass is 32.1. The largest absolute Gasteiger partial charge is 0.356 e.